The largest absolute Gasteiger partial charge is 0.545 e. The lowest BCUT2D eigenvalue weighted by molar-refractivity contribution is 0.00310. The van der Waals surface area contributed by atoms with Gasteiger partial charge in [-0.2, -0.15) is 0 Å². The molecular formula is C3H5N2O+. The average molecular weight is 85.1 g/mol. The highest BCUT2D eigenvalue weighted by Crippen LogP contribution is 1.83. The van der Waals surface area contributed by atoms with Gasteiger partial charge in [-0.05, 0) is 10.1 Å². The Balaban J connectivity index is 2.38. The summed E-state index contributed by atoms with van der Waals surface area (Å²) in [5.74, 6) is 0. The second-order valence-corrected chi connectivity index (χ2v) is 1.10. The molecule has 32 valence electrons. The number of rotatable bonds is 0. The van der Waals surface area contributed by atoms with Gasteiger partial charge in [0, 0.05) is 0 Å². The van der Waals surface area contributed by atoms with Gasteiger partial charge in [-0.3, -0.25) is 0 Å². The predicted molar refractivity (Wildman–Crippen MR) is 20.8 cm³/mol. The van der Waals surface area contributed by atoms with Gasteiger partial charge < -0.3 is 0 Å². The Morgan fingerprint density at radius 2 is 2.67 bits per heavy atom. The fraction of sp³-hybridized carbons (Fsp3) is 0.667. The lowest BCUT2D eigenvalue weighted by atomic mass is 10.7. The van der Waals surface area contributed by atoms with Gasteiger partial charge in [0.25, 0.3) is 0 Å². The van der Waals surface area contributed by atoms with Crippen LogP contribution in [0, 0.1) is 0 Å². The zero-order valence-corrected chi connectivity index (χ0v) is 3.26. The third kappa shape index (κ3) is 0.455. The van der Waals surface area contributed by atoms with Crippen LogP contribution in [0.4, 0.5) is 0 Å². The van der Waals surface area contributed by atoms with Crippen molar-refractivity contribution in [3.8, 4) is 0 Å². The molecule has 0 saturated carbocycles. The van der Waals surface area contributed by atoms with Crippen LogP contribution in [0.5, 0.6) is 0 Å². The molecule has 0 radical (unpaired) electrons. The van der Waals surface area contributed by atoms with Crippen LogP contribution >= 0.6 is 0 Å². The average Bonchev–Trinajstić information content (AvgIpc) is 1.86. The number of hydroxylamine groups is 2. The first kappa shape index (κ1) is 3.53. The highest BCUT2D eigenvalue weighted by Gasteiger charge is 2.15. The minimum Gasteiger partial charge on any atom is -0.246 e. The van der Waals surface area contributed by atoms with E-state index in [2.05, 4.69) is 11.3 Å². The van der Waals surface area contributed by atoms with Crippen LogP contribution in [-0.4, -0.2) is 29.7 Å². The number of hydrogen-bond donors (Lipinski definition) is 1. The van der Waals surface area contributed by atoms with Crippen LogP contribution in [0.15, 0.2) is 4.99 Å². The molecule has 1 rings (SSSR count). The zero-order valence-electron chi connectivity index (χ0n) is 3.26. The molecule has 3 heteroatoms. The highest BCUT2D eigenvalue weighted by molar-refractivity contribution is 5.54. The summed E-state index contributed by atoms with van der Waals surface area (Å²) in [6, 6.07) is 0. The molecule has 0 aromatic heterocycles. The molecule has 0 aliphatic carbocycles. The van der Waals surface area contributed by atoms with Crippen molar-refractivity contribution >= 4 is 6.34 Å². The normalized spacial score (nSPS) is 18.5. The third-order valence-electron chi connectivity index (χ3n) is 0.610. The molecular weight excluding hydrogens is 80.0 g/mol. The fourth-order valence-electron chi connectivity index (χ4n) is 0.326. The first-order chi connectivity index (χ1) is 2.89. The Morgan fingerprint density at radius 3 is 2.83 bits per heavy atom. The summed E-state index contributed by atoms with van der Waals surface area (Å²) in [6.45, 7) is 1.27. The Bertz CT molecular complexity index is 71.2. The summed E-state index contributed by atoms with van der Waals surface area (Å²) in [7, 11) is 0. The van der Waals surface area contributed by atoms with Gasteiger partial charge in [-0.1, -0.05) is 0 Å². The van der Waals surface area contributed by atoms with E-state index in [0.717, 1.165) is 5.06 Å². The standard InChI is InChI=1S/C3H5N2O/c6-5-2-1-4-3-5/h6H,1-2H2/q+1. The maximum atomic E-state index is 8.36. The van der Waals surface area contributed by atoms with E-state index < -0.39 is 0 Å². The van der Waals surface area contributed by atoms with Crippen LogP contribution in [-0.2, 0) is 0 Å². The zero-order chi connectivity index (χ0) is 4.41. The summed E-state index contributed by atoms with van der Waals surface area (Å²) in [5, 5.41) is 9.30. The molecule has 1 aliphatic rings. The van der Waals surface area contributed by atoms with Crippen molar-refractivity contribution in [3.05, 3.63) is 0 Å². The minimum atomic E-state index is 0.597. The number of aliphatic imine (C=N–C) groups is 1. The molecule has 0 aromatic rings. The quantitative estimate of drug-likeness (QED) is 0.406. The van der Waals surface area contributed by atoms with E-state index >= 15 is 0 Å². The van der Waals surface area contributed by atoms with Crippen molar-refractivity contribution in [2.24, 2.45) is 4.99 Å². The molecule has 1 N–H and O–H groups in total. The van der Waals surface area contributed by atoms with Crippen molar-refractivity contribution < 1.29 is 5.21 Å². The molecule has 0 aromatic carbocycles. The maximum absolute atomic E-state index is 8.36. The summed E-state index contributed by atoms with van der Waals surface area (Å²) >= 11 is 0. The minimum absolute atomic E-state index is 0.597. The topological polar surface area (TPSA) is 35.8 Å². The lowest BCUT2D eigenvalue weighted by Gasteiger charge is -1.80. The molecule has 0 fully saturated rings. The molecule has 0 unspecified atom stereocenters. The molecule has 0 saturated heterocycles. The number of nitrogens with zero attached hydrogens (tertiary/aromatic N) is 2. The van der Waals surface area contributed by atoms with Crippen molar-refractivity contribution in [2.45, 2.75) is 0 Å². The van der Waals surface area contributed by atoms with E-state index in [1.807, 2.05) is 0 Å². The van der Waals surface area contributed by atoms with Crippen LogP contribution < -0.4 is 0 Å². The molecule has 0 spiro atoms. The molecule has 1 heterocycles. The summed E-state index contributed by atoms with van der Waals surface area (Å²) in [6.07, 6.45) is 2.33. The second kappa shape index (κ2) is 1.20. The summed E-state index contributed by atoms with van der Waals surface area (Å²) in [5.41, 5.74) is 0. The molecule has 0 atom stereocenters. The molecule has 3 nitrogen and oxygen atoms in total. The third-order valence-corrected chi connectivity index (χ3v) is 0.610. The van der Waals surface area contributed by atoms with Gasteiger partial charge in [0.2, 0.25) is 0 Å². The van der Waals surface area contributed by atoms with Gasteiger partial charge >= 0.3 is 6.34 Å². The van der Waals surface area contributed by atoms with E-state index in [9.17, 15) is 0 Å². The Labute approximate surface area is 35.9 Å². The van der Waals surface area contributed by atoms with Gasteiger partial charge in [0.1, 0.15) is 13.1 Å². The fourth-order valence-corrected chi connectivity index (χ4v) is 0.326. The first-order valence-corrected chi connectivity index (χ1v) is 1.78. The maximum Gasteiger partial charge on any atom is 0.545 e. The van der Waals surface area contributed by atoms with E-state index in [1.165, 1.54) is 0 Å². The smallest absolute Gasteiger partial charge is 0.246 e. The van der Waals surface area contributed by atoms with Crippen LogP contribution in [0.3, 0.4) is 0 Å². The van der Waals surface area contributed by atoms with Crippen molar-refractivity contribution in [3.63, 3.8) is 0 Å². The van der Waals surface area contributed by atoms with Crippen LogP contribution in [0.2, 0.25) is 0 Å². The SMILES string of the molecule is ON1[C+]=NCC1. The van der Waals surface area contributed by atoms with E-state index in [-0.39, 0.29) is 0 Å². The van der Waals surface area contributed by atoms with Gasteiger partial charge in [-0.15, -0.1) is 0 Å². The van der Waals surface area contributed by atoms with Gasteiger partial charge in [-0.25, -0.2) is 5.21 Å². The van der Waals surface area contributed by atoms with Crippen molar-refractivity contribution in [1.82, 2.24) is 5.06 Å². The van der Waals surface area contributed by atoms with E-state index in [1.54, 1.807) is 0 Å². The van der Waals surface area contributed by atoms with Crippen LogP contribution in [0.1, 0.15) is 0 Å². The Morgan fingerprint density at radius 1 is 1.83 bits per heavy atom. The Hall–Kier alpha value is -0.660. The predicted octanol–water partition coefficient (Wildman–Crippen LogP) is -0.403. The van der Waals surface area contributed by atoms with E-state index in [4.69, 9.17) is 5.21 Å². The van der Waals surface area contributed by atoms with Gasteiger partial charge in [0.15, 0.2) is 0 Å². The van der Waals surface area contributed by atoms with E-state index in [0.29, 0.717) is 13.1 Å². The number of hydrogen-bond acceptors (Lipinski definition) is 3. The second-order valence-electron chi connectivity index (χ2n) is 1.10. The molecule has 0 amide bonds. The molecule has 0 bridgehead atoms. The van der Waals surface area contributed by atoms with Crippen molar-refractivity contribution in [2.75, 3.05) is 13.1 Å². The molecule has 6 heavy (non-hydrogen) atoms. The highest BCUT2D eigenvalue weighted by atomic mass is 16.5. The summed E-state index contributed by atoms with van der Waals surface area (Å²) < 4.78 is 0. The van der Waals surface area contributed by atoms with Crippen LogP contribution in [0.25, 0.3) is 0 Å². The lowest BCUT2D eigenvalue weighted by Crippen LogP contribution is -2.12. The van der Waals surface area contributed by atoms with Crippen molar-refractivity contribution in [1.29, 1.82) is 0 Å². The first-order valence-electron chi connectivity index (χ1n) is 1.78. The monoisotopic (exact) mass is 85.0 g/mol. The van der Waals surface area contributed by atoms with Gasteiger partial charge in [0.05, 0.1) is 0 Å². The Kier molecular flexibility index (Phi) is 0.708. The molecule has 1 aliphatic heterocycles. The summed E-state index contributed by atoms with van der Waals surface area (Å²) in [4.78, 5) is 3.59.